The summed E-state index contributed by atoms with van der Waals surface area (Å²) in [6.07, 6.45) is 0.169. The zero-order chi connectivity index (χ0) is 19.7. The van der Waals surface area contributed by atoms with E-state index >= 15 is 0 Å². The normalized spacial score (nSPS) is 26.8. The minimum Gasteiger partial charge on any atom is -0.445 e. The van der Waals surface area contributed by atoms with Crippen LogP contribution in [0.15, 0.2) is 48.5 Å². The van der Waals surface area contributed by atoms with Gasteiger partial charge in [-0.1, -0.05) is 36.4 Å². The summed E-state index contributed by atoms with van der Waals surface area (Å²) in [7, 11) is 0. The van der Waals surface area contributed by atoms with Crippen LogP contribution in [-0.4, -0.2) is 41.4 Å². The molecule has 0 spiro atoms. The van der Waals surface area contributed by atoms with Crippen LogP contribution in [0.3, 0.4) is 0 Å². The smallest absolute Gasteiger partial charge is 0.410 e. The van der Waals surface area contributed by atoms with E-state index in [4.69, 9.17) is 9.47 Å². The lowest BCUT2D eigenvalue weighted by atomic mass is 9.75. The summed E-state index contributed by atoms with van der Waals surface area (Å²) < 4.78 is 24.9. The first kappa shape index (κ1) is 18.9. The number of aryl methyl sites for hydroxylation is 1. The molecule has 2 saturated heterocycles. The van der Waals surface area contributed by atoms with Crippen LogP contribution in [0.1, 0.15) is 29.5 Å². The highest BCUT2D eigenvalue weighted by Gasteiger charge is 2.49. The molecule has 0 saturated carbocycles. The molecule has 0 aliphatic carbocycles. The Morgan fingerprint density at radius 1 is 1.21 bits per heavy atom. The molecule has 2 aliphatic rings. The van der Waals surface area contributed by atoms with E-state index in [0.717, 1.165) is 11.1 Å². The van der Waals surface area contributed by atoms with E-state index in [2.05, 4.69) is 0 Å². The van der Waals surface area contributed by atoms with Crippen LogP contribution in [0.2, 0.25) is 0 Å². The van der Waals surface area contributed by atoms with E-state index in [1.165, 1.54) is 12.1 Å². The number of carbonyl (C=O) groups is 1. The number of benzene rings is 2. The van der Waals surface area contributed by atoms with Crippen molar-refractivity contribution in [2.75, 3.05) is 13.2 Å². The molecule has 2 fully saturated rings. The zero-order valence-corrected chi connectivity index (χ0v) is 15.8. The van der Waals surface area contributed by atoms with Gasteiger partial charge in [-0.3, -0.25) is 4.90 Å². The van der Waals surface area contributed by atoms with Gasteiger partial charge in [-0.15, -0.1) is 0 Å². The quantitative estimate of drug-likeness (QED) is 0.878. The third-order valence-electron chi connectivity index (χ3n) is 5.67. The minimum absolute atomic E-state index is 0.198. The van der Waals surface area contributed by atoms with E-state index in [1.807, 2.05) is 37.3 Å². The largest absolute Gasteiger partial charge is 0.445 e. The number of piperidine rings is 1. The van der Waals surface area contributed by atoms with Crippen LogP contribution in [0.4, 0.5) is 9.18 Å². The second-order valence-corrected chi connectivity index (χ2v) is 7.69. The van der Waals surface area contributed by atoms with Gasteiger partial charge in [0.15, 0.2) is 0 Å². The van der Waals surface area contributed by atoms with Gasteiger partial charge < -0.3 is 14.6 Å². The Bertz CT molecular complexity index is 843. The molecule has 2 aromatic carbocycles. The highest BCUT2D eigenvalue weighted by molar-refractivity contribution is 5.69. The number of nitrogens with zero attached hydrogens (tertiary/aromatic N) is 1. The molecule has 148 valence electrons. The Balaban J connectivity index is 1.52. The monoisotopic (exact) mass is 385 g/mol. The molecule has 1 N–H and O–H groups in total. The van der Waals surface area contributed by atoms with Crippen LogP contribution in [0, 0.1) is 12.7 Å². The van der Waals surface area contributed by atoms with Gasteiger partial charge in [0, 0.05) is 12.8 Å². The van der Waals surface area contributed by atoms with E-state index in [1.54, 1.807) is 11.0 Å². The predicted octanol–water partition coefficient (Wildman–Crippen LogP) is 3.52. The highest BCUT2D eigenvalue weighted by atomic mass is 19.1. The summed E-state index contributed by atoms with van der Waals surface area (Å²) in [4.78, 5) is 14.5. The average molecular weight is 385 g/mol. The summed E-state index contributed by atoms with van der Waals surface area (Å²) in [6, 6.07) is 13.3. The van der Waals surface area contributed by atoms with Crippen molar-refractivity contribution < 1.29 is 23.8 Å². The topological polar surface area (TPSA) is 59.0 Å². The maximum atomic E-state index is 13.8. The number of hydrogen-bond donors (Lipinski definition) is 1. The van der Waals surface area contributed by atoms with Gasteiger partial charge in [-0.25, -0.2) is 9.18 Å². The number of amides is 1. The molecule has 2 atom stereocenters. The highest BCUT2D eigenvalue weighted by Crippen LogP contribution is 2.42. The first-order valence-electron chi connectivity index (χ1n) is 9.52. The summed E-state index contributed by atoms with van der Waals surface area (Å²) in [5.41, 5.74) is 1.15. The zero-order valence-electron chi connectivity index (χ0n) is 15.8. The number of fused-ring (bicyclic) bond motifs is 2. The van der Waals surface area contributed by atoms with E-state index in [-0.39, 0.29) is 37.3 Å². The van der Waals surface area contributed by atoms with E-state index in [9.17, 15) is 14.3 Å². The average Bonchev–Trinajstić information content (AvgIpc) is 2.68. The Hall–Kier alpha value is -2.44. The number of aliphatic hydroxyl groups is 1. The lowest BCUT2D eigenvalue weighted by Crippen LogP contribution is -2.62. The fourth-order valence-electron chi connectivity index (χ4n) is 4.38. The van der Waals surface area contributed by atoms with Crippen molar-refractivity contribution in [1.82, 2.24) is 4.90 Å². The van der Waals surface area contributed by atoms with Crippen molar-refractivity contribution >= 4 is 6.09 Å². The van der Waals surface area contributed by atoms with Gasteiger partial charge in [0.1, 0.15) is 12.4 Å². The standard InChI is InChI=1S/C22H24FNO4/c1-15-7-8-17(23)9-20(15)22(26)10-18-13-27-14-19(11-22)24(18)21(25)28-12-16-5-3-2-4-6-16/h2-9,18-19,26H,10-14H2,1H3. The molecule has 6 heteroatoms. The molecule has 5 nitrogen and oxygen atoms in total. The molecule has 4 rings (SSSR count). The first-order chi connectivity index (χ1) is 13.5. The van der Waals surface area contributed by atoms with Crippen LogP contribution in [0.5, 0.6) is 0 Å². The van der Waals surface area contributed by atoms with Crippen molar-refractivity contribution in [1.29, 1.82) is 0 Å². The summed E-state index contributed by atoms with van der Waals surface area (Å²) in [5.74, 6) is -0.375. The van der Waals surface area contributed by atoms with Crippen LogP contribution >= 0.6 is 0 Å². The molecule has 2 unspecified atom stereocenters. The Morgan fingerprint density at radius 2 is 1.89 bits per heavy atom. The number of morpholine rings is 1. The molecule has 2 aliphatic heterocycles. The summed E-state index contributed by atoms with van der Waals surface area (Å²) in [6.45, 7) is 2.71. The van der Waals surface area contributed by atoms with E-state index in [0.29, 0.717) is 18.8 Å². The third kappa shape index (κ3) is 3.62. The molecule has 28 heavy (non-hydrogen) atoms. The SMILES string of the molecule is Cc1ccc(F)cc1C1(O)CC2COCC(C1)N2C(=O)OCc1ccccc1. The van der Waals surface area contributed by atoms with E-state index < -0.39 is 11.7 Å². The lowest BCUT2D eigenvalue weighted by Gasteiger charge is -2.51. The summed E-state index contributed by atoms with van der Waals surface area (Å²) in [5, 5.41) is 11.4. The number of halogens is 1. The first-order valence-corrected chi connectivity index (χ1v) is 9.52. The molecule has 2 heterocycles. The number of hydrogen-bond acceptors (Lipinski definition) is 4. The van der Waals surface area contributed by atoms with Crippen LogP contribution in [0.25, 0.3) is 0 Å². The number of carbonyl (C=O) groups excluding carboxylic acids is 1. The lowest BCUT2D eigenvalue weighted by molar-refractivity contribution is -0.137. The molecule has 2 bridgehead atoms. The van der Waals surface area contributed by atoms with Crippen molar-refractivity contribution in [2.24, 2.45) is 0 Å². The summed E-state index contributed by atoms with van der Waals surface area (Å²) >= 11 is 0. The van der Waals surface area contributed by atoms with Gasteiger partial charge in [0.25, 0.3) is 0 Å². The number of rotatable bonds is 3. The molecular weight excluding hydrogens is 361 g/mol. The fraction of sp³-hybridized carbons (Fsp3) is 0.409. The Labute approximate surface area is 163 Å². The van der Waals surface area contributed by atoms with Gasteiger partial charge in [0.05, 0.1) is 30.9 Å². The van der Waals surface area contributed by atoms with Gasteiger partial charge in [-0.05, 0) is 35.7 Å². The second-order valence-electron chi connectivity index (χ2n) is 7.69. The van der Waals surface area contributed by atoms with Gasteiger partial charge in [-0.2, -0.15) is 0 Å². The minimum atomic E-state index is -1.19. The molecular formula is C22H24FNO4. The van der Waals surface area contributed by atoms with Gasteiger partial charge >= 0.3 is 6.09 Å². The second kappa shape index (κ2) is 7.53. The Morgan fingerprint density at radius 3 is 2.57 bits per heavy atom. The van der Waals surface area contributed by atoms with Crippen molar-refractivity contribution in [3.05, 3.63) is 71.0 Å². The maximum Gasteiger partial charge on any atom is 0.410 e. The van der Waals surface area contributed by atoms with Gasteiger partial charge in [0.2, 0.25) is 0 Å². The van der Waals surface area contributed by atoms with Crippen LogP contribution < -0.4 is 0 Å². The maximum absolute atomic E-state index is 13.8. The third-order valence-corrected chi connectivity index (χ3v) is 5.67. The fourth-order valence-corrected chi connectivity index (χ4v) is 4.38. The van der Waals surface area contributed by atoms with Crippen molar-refractivity contribution in [2.45, 2.75) is 44.1 Å². The van der Waals surface area contributed by atoms with Crippen LogP contribution in [-0.2, 0) is 21.7 Å². The van der Waals surface area contributed by atoms with Crippen molar-refractivity contribution in [3.8, 4) is 0 Å². The Kier molecular flexibility index (Phi) is 5.08. The molecule has 0 aromatic heterocycles. The van der Waals surface area contributed by atoms with Crippen molar-refractivity contribution in [3.63, 3.8) is 0 Å². The molecule has 2 aromatic rings. The number of ether oxygens (including phenoxy) is 2. The predicted molar refractivity (Wildman–Crippen MR) is 101 cm³/mol. The molecule has 1 amide bonds. The molecule has 0 radical (unpaired) electrons.